The van der Waals surface area contributed by atoms with Gasteiger partial charge in [0.05, 0.1) is 18.8 Å². The third-order valence-corrected chi connectivity index (χ3v) is 8.53. The van der Waals surface area contributed by atoms with Gasteiger partial charge in [-0.3, -0.25) is 9.47 Å². The molecule has 0 bridgehead atoms. The molecule has 5 heterocycles. The summed E-state index contributed by atoms with van der Waals surface area (Å²) in [6, 6.07) is 10.3. The second-order valence-corrected chi connectivity index (χ2v) is 11.2. The molecule has 3 aromatic rings. The van der Waals surface area contributed by atoms with Crippen molar-refractivity contribution in [3.8, 4) is 5.69 Å². The van der Waals surface area contributed by atoms with Gasteiger partial charge in [-0.2, -0.15) is 4.39 Å². The standard InChI is InChI=1S/C26H28ClFN6O/c1-16-2-5-22(29-24(16)28)33-14-26(15-33)9-18(10-26)25-31-30-23-12-32(20-6-7-35-13-20)11-17-8-19(27)3-4-21(17)34(23)25/h2-5,8,18,20H,6-7,9-15H2,1H3/t20-/m0/s1. The van der Waals surface area contributed by atoms with Gasteiger partial charge in [0.25, 0.3) is 0 Å². The summed E-state index contributed by atoms with van der Waals surface area (Å²) in [4.78, 5) is 8.78. The van der Waals surface area contributed by atoms with Gasteiger partial charge in [0.15, 0.2) is 5.82 Å². The number of pyridine rings is 1. The van der Waals surface area contributed by atoms with Crippen molar-refractivity contribution in [1.29, 1.82) is 0 Å². The van der Waals surface area contributed by atoms with E-state index in [4.69, 9.17) is 21.4 Å². The van der Waals surface area contributed by atoms with Gasteiger partial charge < -0.3 is 9.64 Å². The number of halogens is 2. The highest BCUT2D eigenvalue weighted by Crippen LogP contribution is 2.56. The molecule has 9 heteroatoms. The van der Waals surface area contributed by atoms with Crippen LogP contribution in [0.25, 0.3) is 5.69 Å². The Hall–Kier alpha value is -2.55. The molecule has 2 saturated heterocycles. The number of aromatic nitrogens is 4. The number of anilines is 1. The van der Waals surface area contributed by atoms with E-state index in [9.17, 15) is 4.39 Å². The van der Waals surface area contributed by atoms with Gasteiger partial charge in [0.1, 0.15) is 11.6 Å². The Bertz CT molecular complexity index is 1290. The average Bonchev–Trinajstić information content (AvgIpc) is 3.42. The van der Waals surface area contributed by atoms with Crippen molar-refractivity contribution >= 4 is 17.4 Å². The Morgan fingerprint density at radius 1 is 1.11 bits per heavy atom. The molecule has 3 fully saturated rings. The fraction of sp³-hybridized carbons (Fsp3) is 0.500. The maximum atomic E-state index is 13.9. The van der Waals surface area contributed by atoms with Gasteiger partial charge in [-0.1, -0.05) is 17.7 Å². The molecule has 0 unspecified atom stereocenters. The summed E-state index contributed by atoms with van der Waals surface area (Å²) in [6.45, 7) is 6.74. The Kier molecular flexibility index (Phi) is 4.95. The second kappa shape index (κ2) is 7.98. The predicted molar refractivity (Wildman–Crippen MR) is 130 cm³/mol. The Labute approximate surface area is 208 Å². The Balaban J connectivity index is 1.13. The third-order valence-electron chi connectivity index (χ3n) is 8.30. The van der Waals surface area contributed by atoms with E-state index in [0.717, 1.165) is 86.8 Å². The van der Waals surface area contributed by atoms with E-state index >= 15 is 0 Å². The minimum Gasteiger partial charge on any atom is -0.380 e. The van der Waals surface area contributed by atoms with E-state index in [1.54, 1.807) is 6.92 Å². The molecular formula is C26H28ClFN6O. The van der Waals surface area contributed by atoms with Gasteiger partial charge in [-0.15, -0.1) is 10.2 Å². The monoisotopic (exact) mass is 494 g/mol. The zero-order valence-corrected chi connectivity index (χ0v) is 20.5. The Morgan fingerprint density at radius 3 is 2.74 bits per heavy atom. The molecule has 1 aliphatic carbocycles. The van der Waals surface area contributed by atoms with Crippen LogP contribution < -0.4 is 4.90 Å². The van der Waals surface area contributed by atoms with Crippen LogP contribution in [0.15, 0.2) is 30.3 Å². The first-order valence-corrected chi connectivity index (χ1v) is 12.8. The third kappa shape index (κ3) is 3.57. The summed E-state index contributed by atoms with van der Waals surface area (Å²) in [7, 11) is 0. The van der Waals surface area contributed by atoms with Crippen LogP contribution in [0.5, 0.6) is 0 Å². The van der Waals surface area contributed by atoms with Gasteiger partial charge in [-0.25, -0.2) is 4.98 Å². The fourth-order valence-corrected chi connectivity index (χ4v) is 6.60. The zero-order valence-electron chi connectivity index (χ0n) is 19.8. The first-order valence-electron chi connectivity index (χ1n) is 12.4. The minimum absolute atomic E-state index is 0.265. The van der Waals surface area contributed by atoms with Crippen LogP contribution in [0.2, 0.25) is 5.02 Å². The number of rotatable bonds is 3. The molecule has 1 spiro atoms. The predicted octanol–water partition coefficient (Wildman–Crippen LogP) is 4.25. The number of benzene rings is 1. The maximum Gasteiger partial charge on any atom is 0.217 e. The molecule has 4 aliphatic rings. The van der Waals surface area contributed by atoms with Gasteiger partial charge in [-0.05, 0) is 56.0 Å². The van der Waals surface area contributed by atoms with Gasteiger partial charge >= 0.3 is 0 Å². The van der Waals surface area contributed by atoms with E-state index in [-0.39, 0.29) is 11.4 Å². The number of ether oxygens (including phenoxy) is 1. The number of hydrogen-bond acceptors (Lipinski definition) is 6. The number of fused-ring (bicyclic) bond motifs is 3. The molecule has 182 valence electrons. The molecule has 7 rings (SSSR count). The van der Waals surface area contributed by atoms with Crippen molar-refractivity contribution < 1.29 is 9.13 Å². The highest BCUT2D eigenvalue weighted by atomic mass is 35.5. The van der Waals surface area contributed by atoms with E-state index in [1.165, 1.54) is 5.56 Å². The van der Waals surface area contributed by atoms with Crippen LogP contribution in [0.1, 0.15) is 48.0 Å². The lowest BCUT2D eigenvalue weighted by Gasteiger charge is -2.59. The highest BCUT2D eigenvalue weighted by molar-refractivity contribution is 6.30. The van der Waals surface area contributed by atoms with E-state index in [2.05, 4.69) is 36.6 Å². The lowest BCUT2D eigenvalue weighted by Crippen LogP contribution is -2.62. The van der Waals surface area contributed by atoms with Crippen molar-refractivity contribution in [2.24, 2.45) is 5.41 Å². The lowest BCUT2D eigenvalue weighted by molar-refractivity contribution is 0.0580. The number of aryl methyl sites for hydroxylation is 1. The summed E-state index contributed by atoms with van der Waals surface area (Å²) in [6.07, 6.45) is 3.18. The van der Waals surface area contributed by atoms with Crippen molar-refractivity contribution in [2.75, 3.05) is 31.2 Å². The lowest BCUT2D eigenvalue weighted by atomic mass is 9.57. The van der Waals surface area contributed by atoms with Crippen LogP contribution in [-0.2, 0) is 17.8 Å². The summed E-state index contributed by atoms with van der Waals surface area (Å²) in [5.74, 6) is 2.77. The maximum absolute atomic E-state index is 13.9. The molecule has 1 saturated carbocycles. The quantitative estimate of drug-likeness (QED) is 0.507. The van der Waals surface area contributed by atoms with Crippen LogP contribution in [0.3, 0.4) is 0 Å². The first-order chi connectivity index (χ1) is 17.0. The summed E-state index contributed by atoms with van der Waals surface area (Å²) >= 11 is 6.41. The van der Waals surface area contributed by atoms with E-state index in [1.807, 2.05) is 18.2 Å². The Morgan fingerprint density at radius 2 is 1.97 bits per heavy atom. The highest BCUT2D eigenvalue weighted by Gasteiger charge is 2.54. The van der Waals surface area contributed by atoms with Crippen molar-refractivity contribution in [2.45, 2.75) is 51.2 Å². The van der Waals surface area contributed by atoms with Crippen LogP contribution in [-0.4, -0.2) is 57.0 Å². The first kappa shape index (κ1) is 21.7. The van der Waals surface area contributed by atoms with Crippen molar-refractivity contribution in [1.82, 2.24) is 24.6 Å². The number of hydrogen-bond donors (Lipinski definition) is 0. The molecule has 3 aliphatic heterocycles. The van der Waals surface area contributed by atoms with Crippen LogP contribution in [0.4, 0.5) is 10.2 Å². The molecule has 1 aromatic carbocycles. The molecular weight excluding hydrogens is 467 g/mol. The molecule has 2 aromatic heterocycles. The second-order valence-electron chi connectivity index (χ2n) is 10.7. The summed E-state index contributed by atoms with van der Waals surface area (Å²) in [5, 5.41) is 10.1. The molecule has 0 amide bonds. The number of nitrogens with zero attached hydrogens (tertiary/aromatic N) is 6. The largest absolute Gasteiger partial charge is 0.380 e. The molecule has 7 nitrogen and oxygen atoms in total. The topological polar surface area (TPSA) is 59.3 Å². The van der Waals surface area contributed by atoms with Gasteiger partial charge in [0, 0.05) is 54.2 Å². The average molecular weight is 495 g/mol. The molecule has 1 atom stereocenters. The minimum atomic E-state index is -0.377. The van der Waals surface area contributed by atoms with Crippen LogP contribution in [0, 0.1) is 18.3 Å². The van der Waals surface area contributed by atoms with Crippen molar-refractivity contribution in [3.05, 3.63) is 64.1 Å². The molecule has 35 heavy (non-hydrogen) atoms. The summed E-state index contributed by atoms with van der Waals surface area (Å²) in [5.41, 5.74) is 3.20. The fourth-order valence-electron chi connectivity index (χ4n) is 6.41. The van der Waals surface area contributed by atoms with E-state index < -0.39 is 0 Å². The SMILES string of the molecule is Cc1ccc(N2CC3(CC(c4nnc5n4-c4ccc(Cl)cc4CN([C@H]4CCOC4)C5)C3)C2)nc1F. The van der Waals surface area contributed by atoms with E-state index in [0.29, 0.717) is 17.5 Å². The smallest absolute Gasteiger partial charge is 0.217 e. The summed E-state index contributed by atoms with van der Waals surface area (Å²) < 4.78 is 21.9. The van der Waals surface area contributed by atoms with Crippen molar-refractivity contribution in [3.63, 3.8) is 0 Å². The van der Waals surface area contributed by atoms with Crippen LogP contribution >= 0.6 is 11.6 Å². The molecule has 0 N–H and O–H groups in total. The normalized spacial score (nSPS) is 23.5. The zero-order chi connectivity index (χ0) is 23.7. The van der Waals surface area contributed by atoms with Gasteiger partial charge in [0.2, 0.25) is 5.95 Å². The molecule has 0 radical (unpaired) electrons.